The number of rotatable bonds is 44. The minimum absolute atomic E-state index is 0.0240. The number of thioether (sulfide) groups is 1. The Morgan fingerprint density at radius 1 is 0.385 bits per heavy atom. The molecule has 33 heteroatoms. The summed E-state index contributed by atoms with van der Waals surface area (Å²) in [6.07, 6.45) is -1.16. The van der Waals surface area contributed by atoms with E-state index in [1.807, 2.05) is 13.8 Å². The van der Waals surface area contributed by atoms with Crippen molar-refractivity contribution in [2.45, 2.75) is 208 Å². The van der Waals surface area contributed by atoms with E-state index in [0.717, 1.165) is 6.92 Å². The average molecular weight is 1310 g/mol. The molecular weight excluding hydrogens is 1210 g/mol. The molecule has 0 aliphatic rings. The maximum absolute atomic E-state index is 14.1. The zero-order chi connectivity index (χ0) is 70.2. The average Bonchev–Trinajstić information content (AvgIpc) is 1.25. The molecule has 0 aromatic heterocycles. The zero-order valence-electron chi connectivity index (χ0n) is 55.0. The van der Waals surface area contributed by atoms with Crippen LogP contribution in [0.2, 0.25) is 0 Å². The fourth-order valence-electron chi connectivity index (χ4n) is 8.94. The van der Waals surface area contributed by atoms with Crippen molar-refractivity contribution in [3.05, 3.63) is 0 Å². The molecular formula is C58H103N15O17S. The highest BCUT2D eigenvalue weighted by Crippen LogP contribution is 2.14. The summed E-state index contributed by atoms with van der Waals surface area (Å²) in [7, 11) is 0. The van der Waals surface area contributed by atoms with Gasteiger partial charge in [0.2, 0.25) is 82.7 Å². The van der Waals surface area contributed by atoms with Crippen molar-refractivity contribution in [1.82, 2.24) is 63.8 Å². The normalized spacial score (nSPS) is 15.0. The van der Waals surface area contributed by atoms with Crippen molar-refractivity contribution >= 4 is 100 Å². The SMILES string of the molecule is CSCC[C@H](NC(=O)[C@H](CC(=O)O)NC(=O)[C@H](CC(C)C)NC(=O)[C@H](CC(C)C)NC(=O)CN)C(=O)N[C@H](C(=O)N[C@H](C(=O)NCC(=O)N[C@@H](CC(C)C)C(=O)N[C@@H](CC(C)C)C(=O)NCC(=O)N[C@@H](CC(N)=O)C(=O)N[C@@H](CC(C)C)C(N)=O)[C@@H](C)O)C(C)C. The molecule has 0 bridgehead atoms. The molecule has 0 spiro atoms. The summed E-state index contributed by atoms with van der Waals surface area (Å²) in [5, 5.41) is 49.9. The van der Waals surface area contributed by atoms with E-state index in [9.17, 15) is 82.1 Å². The van der Waals surface area contributed by atoms with Crippen molar-refractivity contribution in [3.8, 4) is 0 Å². The van der Waals surface area contributed by atoms with Crippen LogP contribution in [0.4, 0.5) is 0 Å². The lowest BCUT2D eigenvalue weighted by Crippen LogP contribution is -2.62. The second-order valence-corrected chi connectivity index (χ2v) is 25.8. The lowest BCUT2D eigenvalue weighted by Gasteiger charge is -2.29. The maximum Gasteiger partial charge on any atom is 0.305 e. The number of carbonyl (C=O) groups excluding carboxylic acids is 14. The third-order valence-corrected chi connectivity index (χ3v) is 14.1. The third kappa shape index (κ3) is 34.4. The number of carboxylic acid groups (broad SMARTS) is 1. The first-order valence-corrected chi connectivity index (χ1v) is 31.8. The van der Waals surface area contributed by atoms with Crippen LogP contribution in [0.15, 0.2) is 0 Å². The van der Waals surface area contributed by atoms with E-state index in [4.69, 9.17) is 17.2 Å². The summed E-state index contributed by atoms with van der Waals surface area (Å²) in [5.74, 6) is -15.4. The molecule has 0 saturated heterocycles. The predicted octanol–water partition coefficient (Wildman–Crippen LogP) is -4.12. The zero-order valence-corrected chi connectivity index (χ0v) is 55.8. The summed E-state index contributed by atoms with van der Waals surface area (Å²) in [6, 6.07) is -14.1. The van der Waals surface area contributed by atoms with Crippen LogP contribution in [0.3, 0.4) is 0 Å². The molecule has 14 amide bonds. The molecule has 0 fully saturated rings. The van der Waals surface area contributed by atoms with Crippen LogP contribution in [0.1, 0.15) is 141 Å². The van der Waals surface area contributed by atoms with Crippen LogP contribution in [-0.4, -0.2) is 197 Å². The molecule has 0 saturated carbocycles. The Balaban J connectivity index is 6.33. The van der Waals surface area contributed by atoms with Crippen molar-refractivity contribution in [2.24, 2.45) is 52.7 Å². The Labute approximate surface area is 536 Å². The monoisotopic (exact) mass is 1310 g/mol. The molecule has 91 heavy (non-hydrogen) atoms. The summed E-state index contributed by atoms with van der Waals surface area (Å²) < 4.78 is 0. The van der Waals surface area contributed by atoms with Crippen LogP contribution in [0.5, 0.6) is 0 Å². The lowest BCUT2D eigenvalue weighted by molar-refractivity contribution is -0.141. The van der Waals surface area contributed by atoms with Gasteiger partial charge in [-0.15, -0.1) is 0 Å². The number of aliphatic hydroxyl groups is 1. The number of hydrogen-bond acceptors (Lipinski definition) is 18. The number of carbonyl (C=O) groups is 15. The van der Waals surface area contributed by atoms with Gasteiger partial charge < -0.3 is 91.2 Å². The van der Waals surface area contributed by atoms with Gasteiger partial charge in [-0.3, -0.25) is 71.9 Å². The van der Waals surface area contributed by atoms with Crippen molar-refractivity contribution < 1.29 is 82.1 Å². The molecule has 0 aliphatic carbocycles. The molecule has 0 aromatic carbocycles. The quantitative estimate of drug-likeness (QED) is 0.0276. The molecule has 20 N–H and O–H groups in total. The fraction of sp³-hybridized carbons (Fsp3) is 0.741. The number of aliphatic hydroxyl groups excluding tert-OH is 1. The number of aliphatic carboxylic acids is 1. The van der Waals surface area contributed by atoms with Crippen molar-refractivity contribution in [3.63, 3.8) is 0 Å². The van der Waals surface area contributed by atoms with Gasteiger partial charge in [0.25, 0.3) is 0 Å². The Morgan fingerprint density at radius 2 is 0.714 bits per heavy atom. The molecule has 0 rings (SSSR count). The van der Waals surface area contributed by atoms with Gasteiger partial charge in [-0.05, 0) is 93.0 Å². The molecule has 11 atom stereocenters. The second-order valence-electron chi connectivity index (χ2n) is 24.9. The highest BCUT2D eigenvalue weighted by Gasteiger charge is 2.37. The maximum atomic E-state index is 14.1. The van der Waals surface area contributed by atoms with Gasteiger partial charge in [0, 0.05) is 0 Å². The van der Waals surface area contributed by atoms with Gasteiger partial charge in [-0.25, -0.2) is 0 Å². The van der Waals surface area contributed by atoms with Crippen LogP contribution < -0.4 is 81.0 Å². The lowest BCUT2D eigenvalue weighted by atomic mass is 9.99. The van der Waals surface area contributed by atoms with Gasteiger partial charge in [0.15, 0.2) is 0 Å². The molecule has 0 aromatic rings. The standard InChI is InChI=1S/C58H103N15O17S/c1-27(2)17-35(49(61)81)68-55(87)40(22-42(60)75)66-44(77)25-62-50(82)36(18-28(3)4)69-53(85)38(20-30(7)8)65-45(78)26-63-57(89)48(33(13)74)73-58(90)47(32(11)12)72-51(83)34(15-16-91-14)67-56(88)41(23-46(79)80)71-54(86)39(21-31(9)10)70-52(84)37(19-29(5)6)64-43(76)24-59/h27-41,47-48,74H,15-26,59H2,1-14H3,(H2,60,75)(H2,61,81)(H,62,82)(H,63,89)(H,64,76)(H,65,78)(H,66,77)(H,67,88)(H,68,87)(H,69,85)(H,70,84)(H,71,86)(H,72,83)(H,73,90)(H,79,80)/t33-,34+,35+,36+,37+,38+,39+,40+,41+,47+,48+/m1/s1. The summed E-state index contributed by atoms with van der Waals surface area (Å²) >= 11 is 1.28. The largest absolute Gasteiger partial charge is 0.481 e. The third-order valence-electron chi connectivity index (χ3n) is 13.4. The van der Waals surface area contributed by atoms with Crippen LogP contribution in [0.25, 0.3) is 0 Å². The Bertz CT molecular complexity index is 2500. The van der Waals surface area contributed by atoms with E-state index >= 15 is 0 Å². The highest BCUT2D eigenvalue weighted by atomic mass is 32.2. The first-order valence-electron chi connectivity index (χ1n) is 30.5. The summed E-state index contributed by atoms with van der Waals surface area (Å²) in [5.41, 5.74) is 16.2. The van der Waals surface area contributed by atoms with Crippen molar-refractivity contribution in [2.75, 3.05) is 31.6 Å². The van der Waals surface area contributed by atoms with Crippen molar-refractivity contribution in [1.29, 1.82) is 0 Å². The van der Waals surface area contributed by atoms with Crippen LogP contribution >= 0.6 is 11.8 Å². The van der Waals surface area contributed by atoms with Gasteiger partial charge in [0.1, 0.15) is 60.4 Å². The number of nitrogens with two attached hydrogens (primary N) is 3. The smallest absolute Gasteiger partial charge is 0.305 e. The number of carboxylic acids is 1. The first kappa shape index (κ1) is 83.3. The molecule has 0 radical (unpaired) electrons. The Kier molecular flexibility index (Phi) is 38.8. The minimum Gasteiger partial charge on any atom is -0.481 e. The first-order chi connectivity index (χ1) is 42.2. The van der Waals surface area contributed by atoms with E-state index in [2.05, 4.69) is 63.8 Å². The Hall–Kier alpha value is -7.68. The predicted molar refractivity (Wildman–Crippen MR) is 336 cm³/mol. The van der Waals surface area contributed by atoms with Gasteiger partial charge >= 0.3 is 5.97 Å². The van der Waals surface area contributed by atoms with Crippen LogP contribution in [0, 0.1) is 35.5 Å². The topological polar surface area (TPSA) is 519 Å². The van der Waals surface area contributed by atoms with Gasteiger partial charge in [0.05, 0.1) is 38.6 Å². The summed E-state index contributed by atoms with van der Waals surface area (Å²) in [6.45, 7) is 20.0. The summed E-state index contributed by atoms with van der Waals surface area (Å²) in [4.78, 5) is 198. The number of hydrogen-bond donors (Lipinski definition) is 17. The second kappa shape index (κ2) is 42.4. The number of primary amides is 2. The molecule has 0 aliphatic heterocycles. The number of nitrogens with one attached hydrogen (secondary N) is 12. The van der Waals surface area contributed by atoms with E-state index in [-0.39, 0.29) is 73.9 Å². The van der Waals surface area contributed by atoms with Gasteiger partial charge in [-0.2, -0.15) is 11.8 Å². The van der Waals surface area contributed by atoms with Crippen LogP contribution in [-0.2, 0) is 71.9 Å². The van der Waals surface area contributed by atoms with E-state index in [0.29, 0.717) is 0 Å². The molecule has 0 heterocycles. The molecule has 32 nitrogen and oxygen atoms in total. The Morgan fingerprint density at radius 3 is 1.10 bits per heavy atom. The van der Waals surface area contributed by atoms with E-state index in [1.54, 1.807) is 61.6 Å². The van der Waals surface area contributed by atoms with E-state index in [1.165, 1.54) is 25.6 Å². The molecule has 0 unspecified atom stereocenters. The molecule has 518 valence electrons. The minimum atomic E-state index is -1.79. The highest BCUT2D eigenvalue weighted by molar-refractivity contribution is 7.98. The van der Waals surface area contributed by atoms with Gasteiger partial charge in [-0.1, -0.05) is 83.1 Å². The van der Waals surface area contributed by atoms with E-state index < -0.39 is 194 Å². The number of amides is 14. The fourth-order valence-corrected chi connectivity index (χ4v) is 9.41.